The molecule has 6 heteroatoms. The molecule has 0 aromatic carbocycles. The van der Waals surface area contributed by atoms with E-state index in [1.807, 2.05) is 34.7 Å². The number of amides is 2. The van der Waals surface area contributed by atoms with E-state index in [4.69, 9.17) is 0 Å². The fourth-order valence-corrected chi connectivity index (χ4v) is 4.40. The summed E-state index contributed by atoms with van der Waals surface area (Å²) < 4.78 is 2.02. The van der Waals surface area contributed by atoms with Crippen molar-refractivity contribution in [1.29, 1.82) is 0 Å². The summed E-state index contributed by atoms with van der Waals surface area (Å²) >= 11 is 0. The Balaban J connectivity index is 1.55. The van der Waals surface area contributed by atoms with Gasteiger partial charge in [-0.1, -0.05) is 12.8 Å². The lowest BCUT2D eigenvalue weighted by Crippen LogP contribution is -2.45. The Morgan fingerprint density at radius 1 is 1.15 bits per heavy atom. The molecule has 1 aromatic rings. The van der Waals surface area contributed by atoms with Crippen LogP contribution in [0.1, 0.15) is 50.8 Å². The van der Waals surface area contributed by atoms with Crippen LogP contribution in [0.2, 0.25) is 0 Å². The zero-order valence-corrected chi connectivity index (χ0v) is 16.2. The topological polar surface area (TPSA) is 58.4 Å². The van der Waals surface area contributed by atoms with Crippen molar-refractivity contribution in [3.05, 3.63) is 18.2 Å². The average Bonchev–Trinajstić information content (AvgIpc) is 3.33. The molecule has 2 amide bonds. The van der Waals surface area contributed by atoms with Gasteiger partial charge in [-0.05, 0) is 32.1 Å². The highest BCUT2D eigenvalue weighted by molar-refractivity contribution is 5.88. The van der Waals surface area contributed by atoms with Gasteiger partial charge in [-0.2, -0.15) is 0 Å². The van der Waals surface area contributed by atoms with Gasteiger partial charge in [-0.3, -0.25) is 9.59 Å². The molecule has 3 rings (SSSR count). The van der Waals surface area contributed by atoms with Crippen LogP contribution in [-0.2, 0) is 23.1 Å². The molecule has 1 saturated heterocycles. The number of aryl methyl sites for hydroxylation is 2. The van der Waals surface area contributed by atoms with Gasteiger partial charge in [0.1, 0.15) is 5.82 Å². The summed E-state index contributed by atoms with van der Waals surface area (Å²) in [6, 6.07) is 0. The minimum Gasteiger partial charge on any atom is -0.345 e. The van der Waals surface area contributed by atoms with Crippen LogP contribution in [-0.4, -0.2) is 57.8 Å². The summed E-state index contributed by atoms with van der Waals surface area (Å²) in [5.41, 5.74) is 0. The molecule has 2 heterocycles. The second kappa shape index (κ2) is 8.69. The molecule has 1 aliphatic carbocycles. The summed E-state index contributed by atoms with van der Waals surface area (Å²) in [6.07, 6.45) is 11.6. The fraction of sp³-hybridized carbons (Fsp3) is 0.750. The molecule has 2 atom stereocenters. The maximum atomic E-state index is 13.0. The number of likely N-dealkylation sites (tertiary alicyclic amines) is 1. The molecule has 6 nitrogen and oxygen atoms in total. The van der Waals surface area contributed by atoms with Crippen LogP contribution < -0.4 is 0 Å². The predicted molar refractivity (Wildman–Crippen MR) is 100 cm³/mol. The SMILES string of the molecule is CN(CCCc1nccn1C)C(=O)[C@H]1CCCC[C@H]1C(=O)N1CCCC1. The molecule has 0 bridgehead atoms. The van der Waals surface area contributed by atoms with E-state index in [2.05, 4.69) is 4.98 Å². The van der Waals surface area contributed by atoms with Crippen molar-refractivity contribution in [2.45, 2.75) is 51.4 Å². The van der Waals surface area contributed by atoms with Gasteiger partial charge in [0.2, 0.25) is 11.8 Å². The van der Waals surface area contributed by atoms with E-state index in [1.54, 1.807) is 6.20 Å². The number of rotatable bonds is 6. The van der Waals surface area contributed by atoms with Gasteiger partial charge in [-0.25, -0.2) is 4.98 Å². The Bertz CT molecular complexity index is 621. The molecule has 144 valence electrons. The molecule has 26 heavy (non-hydrogen) atoms. The second-order valence-electron chi connectivity index (χ2n) is 7.85. The molecular weight excluding hydrogens is 328 g/mol. The lowest BCUT2D eigenvalue weighted by molar-refractivity contribution is -0.147. The second-order valence-corrected chi connectivity index (χ2v) is 7.85. The van der Waals surface area contributed by atoms with Crippen molar-refractivity contribution in [2.24, 2.45) is 18.9 Å². The van der Waals surface area contributed by atoms with Gasteiger partial charge < -0.3 is 14.4 Å². The van der Waals surface area contributed by atoms with Crippen LogP contribution in [0.15, 0.2) is 12.4 Å². The monoisotopic (exact) mass is 360 g/mol. The first-order valence-corrected chi connectivity index (χ1v) is 10.1. The summed E-state index contributed by atoms with van der Waals surface area (Å²) in [5, 5.41) is 0. The molecule has 2 aliphatic rings. The van der Waals surface area contributed by atoms with Crippen molar-refractivity contribution in [2.75, 3.05) is 26.7 Å². The van der Waals surface area contributed by atoms with E-state index in [0.717, 1.165) is 70.3 Å². The first-order chi connectivity index (χ1) is 12.6. The predicted octanol–water partition coefficient (Wildman–Crippen LogP) is 2.24. The van der Waals surface area contributed by atoms with Gasteiger partial charge in [0.05, 0.1) is 0 Å². The largest absolute Gasteiger partial charge is 0.345 e. The van der Waals surface area contributed by atoms with Gasteiger partial charge in [0.15, 0.2) is 0 Å². The summed E-state index contributed by atoms with van der Waals surface area (Å²) in [7, 11) is 3.88. The first kappa shape index (κ1) is 18.9. The standard InChI is InChI=1S/C20H32N4O2/c1-22-15-11-21-18(22)10-7-12-23(2)19(25)16-8-3-4-9-17(16)20(26)24-13-5-6-14-24/h11,15-17H,3-10,12-14H2,1-2H3/t16-,17+/m0/s1. The molecule has 1 aliphatic heterocycles. The van der Waals surface area contributed by atoms with Crippen molar-refractivity contribution in [3.63, 3.8) is 0 Å². The smallest absolute Gasteiger partial charge is 0.226 e. The van der Waals surface area contributed by atoms with Crippen LogP contribution in [0.25, 0.3) is 0 Å². The lowest BCUT2D eigenvalue weighted by Gasteiger charge is -2.34. The molecular formula is C20H32N4O2. The summed E-state index contributed by atoms with van der Waals surface area (Å²) in [5.74, 6) is 1.19. The van der Waals surface area contributed by atoms with Crippen molar-refractivity contribution in [1.82, 2.24) is 19.4 Å². The van der Waals surface area contributed by atoms with Crippen molar-refractivity contribution >= 4 is 11.8 Å². The van der Waals surface area contributed by atoms with Crippen molar-refractivity contribution < 1.29 is 9.59 Å². The Morgan fingerprint density at radius 3 is 2.50 bits per heavy atom. The average molecular weight is 361 g/mol. The number of aromatic nitrogens is 2. The quantitative estimate of drug-likeness (QED) is 0.782. The van der Waals surface area contributed by atoms with E-state index in [1.165, 1.54) is 0 Å². The van der Waals surface area contributed by atoms with Crippen LogP contribution in [0.3, 0.4) is 0 Å². The number of hydrogen-bond donors (Lipinski definition) is 0. The highest BCUT2D eigenvalue weighted by atomic mass is 16.2. The normalized spacial score (nSPS) is 23.2. The maximum Gasteiger partial charge on any atom is 0.226 e. The Hall–Kier alpha value is -1.85. The third kappa shape index (κ3) is 4.27. The lowest BCUT2D eigenvalue weighted by atomic mass is 9.77. The molecule has 1 saturated carbocycles. The fourth-order valence-electron chi connectivity index (χ4n) is 4.40. The number of nitrogens with zero attached hydrogens (tertiary/aromatic N) is 4. The number of imidazole rings is 1. The zero-order chi connectivity index (χ0) is 18.5. The number of hydrogen-bond acceptors (Lipinski definition) is 3. The van der Waals surface area contributed by atoms with Gasteiger partial charge in [-0.15, -0.1) is 0 Å². The third-order valence-electron chi connectivity index (χ3n) is 6.01. The Morgan fingerprint density at radius 2 is 1.85 bits per heavy atom. The van der Waals surface area contributed by atoms with E-state index in [-0.39, 0.29) is 23.7 Å². The third-order valence-corrected chi connectivity index (χ3v) is 6.01. The number of carbonyl (C=O) groups excluding carboxylic acids is 2. The van der Waals surface area contributed by atoms with Crippen molar-refractivity contribution in [3.8, 4) is 0 Å². The van der Waals surface area contributed by atoms with Gasteiger partial charge >= 0.3 is 0 Å². The Labute approximate surface area is 156 Å². The molecule has 0 spiro atoms. The molecule has 0 radical (unpaired) electrons. The van der Waals surface area contributed by atoms with Crippen LogP contribution in [0, 0.1) is 11.8 Å². The minimum atomic E-state index is -0.130. The molecule has 2 fully saturated rings. The Kier molecular flexibility index (Phi) is 6.33. The molecule has 0 unspecified atom stereocenters. The van der Waals surface area contributed by atoms with E-state index in [0.29, 0.717) is 6.54 Å². The molecule has 1 aromatic heterocycles. The highest BCUT2D eigenvalue weighted by Gasteiger charge is 2.39. The minimum absolute atomic E-state index is 0.105. The van der Waals surface area contributed by atoms with Gasteiger partial charge in [0.25, 0.3) is 0 Å². The number of carbonyl (C=O) groups is 2. The van der Waals surface area contributed by atoms with Gasteiger partial charge in [0, 0.05) is 64.4 Å². The molecule has 0 N–H and O–H groups in total. The van der Waals surface area contributed by atoms with Crippen LogP contribution in [0.5, 0.6) is 0 Å². The maximum absolute atomic E-state index is 13.0. The summed E-state index contributed by atoms with van der Waals surface area (Å²) in [4.78, 5) is 34.1. The zero-order valence-electron chi connectivity index (χ0n) is 16.2. The van der Waals surface area contributed by atoms with E-state index < -0.39 is 0 Å². The van der Waals surface area contributed by atoms with E-state index in [9.17, 15) is 9.59 Å². The van der Waals surface area contributed by atoms with Crippen LogP contribution >= 0.6 is 0 Å². The van der Waals surface area contributed by atoms with E-state index >= 15 is 0 Å². The van der Waals surface area contributed by atoms with Crippen LogP contribution in [0.4, 0.5) is 0 Å². The first-order valence-electron chi connectivity index (χ1n) is 10.1. The summed E-state index contributed by atoms with van der Waals surface area (Å²) in [6.45, 7) is 2.46. The highest BCUT2D eigenvalue weighted by Crippen LogP contribution is 2.33.